The molecule has 0 heterocycles. The van der Waals surface area contributed by atoms with Crippen molar-refractivity contribution in [3.05, 3.63) is 47.5 Å². The lowest BCUT2D eigenvalue weighted by atomic mass is 10.0. The summed E-state index contributed by atoms with van der Waals surface area (Å²) in [6.45, 7) is 5.68. The quantitative estimate of drug-likeness (QED) is 0.703. The minimum Gasteiger partial charge on any atom is -0.465 e. The highest BCUT2D eigenvalue weighted by molar-refractivity contribution is 5.89. The molecule has 0 amide bonds. The van der Waals surface area contributed by atoms with Crippen LogP contribution in [0.25, 0.3) is 0 Å². The Hall–Kier alpha value is -1.57. The molecule has 2 heteroatoms. The molecule has 0 aliphatic heterocycles. The highest BCUT2D eigenvalue weighted by Gasteiger charge is 2.07. The average molecular weight is 203 g/mol. The predicted molar refractivity (Wildman–Crippen MR) is 59.7 cm³/mol. The summed E-state index contributed by atoms with van der Waals surface area (Å²) in [6, 6.07) is 5.58. The second-order valence-corrected chi connectivity index (χ2v) is 3.34. The third-order valence-electron chi connectivity index (χ3n) is 2.16. The monoisotopic (exact) mass is 203 g/mol. The van der Waals surface area contributed by atoms with Crippen molar-refractivity contribution < 1.29 is 9.53 Å². The molecule has 0 aliphatic carbocycles. The molecule has 1 radical (unpaired) electrons. The van der Waals surface area contributed by atoms with Gasteiger partial charge in [-0.2, -0.15) is 0 Å². The van der Waals surface area contributed by atoms with Crippen molar-refractivity contribution in [2.75, 3.05) is 7.11 Å². The van der Waals surface area contributed by atoms with E-state index in [-0.39, 0.29) is 5.97 Å². The van der Waals surface area contributed by atoms with E-state index in [1.54, 1.807) is 6.07 Å². The number of methoxy groups -OCH3 is 1. The molecule has 79 valence electrons. The molecule has 2 nitrogen and oxygen atoms in total. The van der Waals surface area contributed by atoms with E-state index in [0.29, 0.717) is 5.56 Å². The molecule has 0 saturated heterocycles. The first kappa shape index (κ1) is 11.5. The van der Waals surface area contributed by atoms with Crippen LogP contribution in [0.15, 0.2) is 24.8 Å². The summed E-state index contributed by atoms with van der Waals surface area (Å²) in [7, 11) is 1.38. The van der Waals surface area contributed by atoms with Crippen LogP contribution in [0.3, 0.4) is 0 Å². The Kier molecular flexibility index (Phi) is 4.10. The number of ether oxygens (including phenoxy) is 1. The Labute approximate surface area is 90.6 Å². The maximum absolute atomic E-state index is 11.4. The van der Waals surface area contributed by atoms with Crippen molar-refractivity contribution in [3.63, 3.8) is 0 Å². The zero-order valence-corrected chi connectivity index (χ0v) is 9.17. The zero-order chi connectivity index (χ0) is 11.3. The van der Waals surface area contributed by atoms with E-state index < -0.39 is 0 Å². The smallest absolute Gasteiger partial charge is 0.337 e. The summed E-state index contributed by atoms with van der Waals surface area (Å²) in [4.78, 5) is 11.4. The maximum Gasteiger partial charge on any atom is 0.337 e. The van der Waals surface area contributed by atoms with Gasteiger partial charge in [-0.05, 0) is 35.8 Å². The van der Waals surface area contributed by atoms with E-state index in [1.165, 1.54) is 7.11 Å². The first-order chi connectivity index (χ1) is 7.21. The average Bonchev–Trinajstić information content (AvgIpc) is 2.28. The third-order valence-corrected chi connectivity index (χ3v) is 2.16. The molecule has 0 spiro atoms. The van der Waals surface area contributed by atoms with Gasteiger partial charge in [-0.25, -0.2) is 4.79 Å². The van der Waals surface area contributed by atoms with Gasteiger partial charge in [0.15, 0.2) is 0 Å². The number of hydrogen-bond acceptors (Lipinski definition) is 2. The standard InChI is InChI=1S/C13H15O2/c1-4-6-11-7-10(5-2)8-12(9-11)13(14)15-3/h7-9H,2,4,6H2,1,3H3. The zero-order valence-electron chi connectivity index (χ0n) is 9.17. The first-order valence-electron chi connectivity index (χ1n) is 4.96. The Morgan fingerprint density at radius 3 is 2.73 bits per heavy atom. The van der Waals surface area contributed by atoms with Crippen LogP contribution in [0, 0.1) is 6.08 Å². The summed E-state index contributed by atoms with van der Waals surface area (Å²) < 4.78 is 4.68. The van der Waals surface area contributed by atoms with Gasteiger partial charge in [-0.15, -0.1) is 0 Å². The maximum atomic E-state index is 11.4. The molecule has 1 rings (SSSR count). The Balaban J connectivity index is 3.10. The number of aryl methyl sites for hydroxylation is 1. The van der Waals surface area contributed by atoms with Crippen LogP contribution >= 0.6 is 0 Å². The molecule has 0 aliphatic rings. The molecular formula is C13H15O2. The fraction of sp³-hybridized carbons (Fsp3) is 0.308. The van der Waals surface area contributed by atoms with Crippen LogP contribution in [-0.2, 0) is 11.2 Å². The number of esters is 1. The van der Waals surface area contributed by atoms with Crippen molar-refractivity contribution in [2.24, 2.45) is 0 Å². The number of benzene rings is 1. The molecule has 0 N–H and O–H groups in total. The molecule has 0 atom stereocenters. The van der Waals surface area contributed by atoms with Gasteiger partial charge in [0.05, 0.1) is 12.7 Å². The van der Waals surface area contributed by atoms with Gasteiger partial charge < -0.3 is 4.74 Å². The van der Waals surface area contributed by atoms with Crippen molar-refractivity contribution in [1.82, 2.24) is 0 Å². The van der Waals surface area contributed by atoms with E-state index in [2.05, 4.69) is 24.3 Å². The lowest BCUT2D eigenvalue weighted by molar-refractivity contribution is 0.0600. The van der Waals surface area contributed by atoms with E-state index in [0.717, 1.165) is 24.0 Å². The first-order valence-corrected chi connectivity index (χ1v) is 4.96. The molecule has 0 fully saturated rings. The fourth-order valence-electron chi connectivity index (χ4n) is 1.46. The number of rotatable bonds is 4. The van der Waals surface area contributed by atoms with Crippen molar-refractivity contribution in [3.8, 4) is 0 Å². The van der Waals surface area contributed by atoms with E-state index in [9.17, 15) is 4.79 Å². The SMILES string of the molecule is C=[C]c1cc(CCC)cc(C(=O)OC)c1. The van der Waals surface area contributed by atoms with Gasteiger partial charge in [0, 0.05) is 0 Å². The third kappa shape index (κ3) is 2.94. The minimum atomic E-state index is -0.315. The summed E-state index contributed by atoms with van der Waals surface area (Å²) in [5, 5.41) is 0. The van der Waals surface area contributed by atoms with Gasteiger partial charge in [0.2, 0.25) is 0 Å². The van der Waals surface area contributed by atoms with E-state index in [1.807, 2.05) is 12.1 Å². The van der Waals surface area contributed by atoms with E-state index >= 15 is 0 Å². The second kappa shape index (κ2) is 5.35. The number of hydrogen-bond donors (Lipinski definition) is 0. The van der Waals surface area contributed by atoms with Gasteiger partial charge in [0.25, 0.3) is 0 Å². The highest BCUT2D eigenvalue weighted by atomic mass is 16.5. The van der Waals surface area contributed by atoms with Gasteiger partial charge in [-0.3, -0.25) is 0 Å². The summed E-state index contributed by atoms with van der Waals surface area (Å²) >= 11 is 0. The molecule has 1 aromatic carbocycles. The number of carbonyl (C=O) groups excluding carboxylic acids is 1. The highest BCUT2D eigenvalue weighted by Crippen LogP contribution is 2.13. The van der Waals surface area contributed by atoms with Crippen molar-refractivity contribution in [1.29, 1.82) is 0 Å². The molecular weight excluding hydrogens is 188 g/mol. The Morgan fingerprint density at radius 1 is 1.47 bits per heavy atom. The van der Waals surface area contributed by atoms with Crippen molar-refractivity contribution in [2.45, 2.75) is 19.8 Å². The predicted octanol–water partition coefficient (Wildman–Crippen LogP) is 2.76. The molecule has 15 heavy (non-hydrogen) atoms. The van der Waals surface area contributed by atoms with Crippen LogP contribution in [0.4, 0.5) is 0 Å². The summed E-state index contributed by atoms with van der Waals surface area (Å²) in [6.07, 6.45) is 4.77. The van der Waals surface area contributed by atoms with Crippen LogP contribution in [-0.4, -0.2) is 13.1 Å². The molecule has 0 bridgehead atoms. The minimum absolute atomic E-state index is 0.315. The topological polar surface area (TPSA) is 26.3 Å². The molecule has 0 saturated carbocycles. The second-order valence-electron chi connectivity index (χ2n) is 3.34. The molecule has 1 aromatic rings. The normalized spacial score (nSPS) is 9.73. The summed E-state index contributed by atoms with van der Waals surface area (Å²) in [5.74, 6) is -0.315. The van der Waals surface area contributed by atoms with E-state index in [4.69, 9.17) is 0 Å². The van der Waals surface area contributed by atoms with Crippen LogP contribution in [0.1, 0.15) is 34.8 Å². The van der Waals surface area contributed by atoms with Crippen LogP contribution in [0.5, 0.6) is 0 Å². The van der Waals surface area contributed by atoms with Gasteiger partial charge >= 0.3 is 5.97 Å². The molecule has 0 aromatic heterocycles. The fourth-order valence-corrected chi connectivity index (χ4v) is 1.46. The van der Waals surface area contributed by atoms with Gasteiger partial charge in [0.1, 0.15) is 0 Å². The lowest BCUT2D eigenvalue weighted by Crippen LogP contribution is -2.02. The Bertz CT molecular complexity index is 367. The Morgan fingerprint density at radius 2 is 2.20 bits per heavy atom. The largest absolute Gasteiger partial charge is 0.465 e. The van der Waals surface area contributed by atoms with Crippen LogP contribution < -0.4 is 0 Å². The van der Waals surface area contributed by atoms with Gasteiger partial charge in [-0.1, -0.05) is 26.0 Å². The lowest BCUT2D eigenvalue weighted by Gasteiger charge is -2.05. The van der Waals surface area contributed by atoms with Crippen LogP contribution in [0.2, 0.25) is 0 Å². The molecule has 0 unspecified atom stereocenters. The number of carbonyl (C=O) groups is 1. The summed E-state index contributed by atoms with van der Waals surface area (Å²) in [5.41, 5.74) is 2.52. The van der Waals surface area contributed by atoms with Crippen molar-refractivity contribution >= 4 is 5.97 Å².